The molecule has 0 heterocycles. The van der Waals surface area contributed by atoms with Gasteiger partial charge in [0, 0.05) is 10.9 Å². The minimum Gasteiger partial charge on any atom is -0.365 e. The number of alkyl halides is 1. The molecule has 2 aromatic rings. The molecule has 1 aliphatic rings. The van der Waals surface area contributed by atoms with E-state index in [1.165, 1.54) is 17.2 Å². The van der Waals surface area contributed by atoms with E-state index in [0.717, 1.165) is 19.3 Å². The Balaban J connectivity index is 1.84. The number of aryl methyl sites for hydroxylation is 1. The maximum atomic E-state index is 14.0. The highest BCUT2D eigenvalue weighted by Gasteiger charge is 2.25. The molecule has 0 saturated carbocycles. The Morgan fingerprint density at radius 3 is 2.71 bits per heavy atom. The highest BCUT2D eigenvalue weighted by atomic mass is 79.9. The summed E-state index contributed by atoms with van der Waals surface area (Å²) in [5, 5.41) is 0.590. The largest absolute Gasteiger partial charge is 0.365 e. The van der Waals surface area contributed by atoms with E-state index >= 15 is 0 Å². The zero-order valence-electron chi connectivity index (χ0n) is 11.8. The molecule has 2 unspecified atom stereocenters. The minimum absolute atomic E-state index is 0.0529. The number of halogens is 2. The Morgan fingerprint density at radius 2 is 1.90 bits per heavy atom. The molecular formula is C18H18BrFO. The smallest absolute Gasteiger partial charge is 0.129 e. The molecule has 0 saturated heterocycles. The zero-order chi connectivity index (χ0) is 14.7. The van der Waals surface area contributed by atoms with E-state index in [9.17, 15) is 4.39 Å². The quantitative estimate of drug-likeness (QED) is 0.676. The molecule has 0 radical (unpaired) electrons. The summed E-state index contributed by atoms with van der Waals surface area (Å²) < 4.78 is 20.2. The Hall–Kier alpha value is -1.19. The molecule has 2 atom stereocenters. The Labute approximate surface area is 133 Å². The molecule has 0 fully saturated rings. The first-order valence-electron chi connectivity index (χ1n) is 7.33. The van der Waals surface area contributed by atoms with Crippen LogP contribution in [0.25, 0.3) is 0 Å². The van der Waals surface area contributed by atoms with E-state index in [4.69, 9.17) is 4.74 Å². The first kappa shape index (κ1) is 14.7. The van der Waals surface area contributed by atoms with Crippen LogP contribution >= 0.6 is 15.9 Å². The highest BCUT2D eigenvalue weighted by Crippen LogP contribution is 2.37. The summed E-state index contributed by atoms with van der Waals surface area (Å²) in [6.07, 6.45) is 3.01. The van der Waals surface area contributed by atoms with Gasteiger partial charge in [-0.15, -0.1) is 0 Å². The molecule has 0 aromatic heterocycles. The van der Waals surface area contributed by atoms with Crippen LogP contribution in [0.2, 0.25) is 0 Å². The number of benzene rings is 2. The molecule has 21 heavy (non-hydrogen) atoms. The van der Waals surface area contributed by atoms with Gasteiger partial charge < -0.3 is 4.74 Å². The lowest BCUT2D eigenvalue weighted by Crippen LogP contribution is -2.17. The summed E-state index contributed by atoms with van der Waals surface area (Å²) in [7, 11) is 0. The molecular weight excluding hydrogens is 331 g/mol. The summed E-state index contributed by atoms with van der Waals surface area (Å²) in [6, 6.07) is 15.3. The monoisotopic (exact) mass is 348 g/mol. The van der Waals surface area contributed by atoms with Gasteiger partial charge in [-0.1, -0.05) is 58.4 Å². The summed E-state index contributed by atoms with van der Waals surface area (Å²) >= 11 is 3.46. The molecule has 0 bridgehead atoms. The predicted octanol–water partition coefficient (Wildman–Crippen LogP) is 5.36. The third-order valence-electron chi connectivity index (χ3n) is 4.04. The first-order chi connectivity index (χ1) is 10.3. The summed E-state index contributed by atoms with van der Waals surface area (Å²) in [5.41, 5.74) is 3.24. The average Bonchev–Trinajstić information content (AvgIpc) is 2.53. The van der Waals surface area contributed by atoms with Crippen LogP contribution in [-0.4, -0.2) is 5.33 Å². The maximum absolute atomic E-state index is 14.0. The molecule has 110 valence electrons. The molecule has 1 aliphatic carbocycles. The van der Waals surface area contributed by atoms with Crippen LogP contribution < -0.4 is 0 Å². The van der Waals surface area contributed by atoms with Gasteiger partial charge in [0.05, 0.1) is 12.2 Å². The number of rotatable bonds is 4. The van der Waals surface area contributed by atoms with E-state index < -0.39 is 0 Å². The van der Waals surface area contributed by atoms with Crippen LogP contribution in [0.4, 0.5) is 4.39 Å². The van der Waals surface area contributed by atoms with Crippen molar-refractivity contribution in [3.05, 3.63) is 71.0 Å². The molecule has 0 aliphatic heterocycles. The van der Waals surface area contributed by atoms with Crippen LogP contribution in [0.15, 0.2) is 48.5 Å². The van der Waals surface area contributed by atoms with Crippen molar-refractivity contribution in [3.63, 3.8) is 0 Å². The van der Waals surface area contributed by atoms with Crippen molar-refractivity contribution in [2.24, 2.45) is 0 Å². The van der Waals surface area contributed by atoms with E-state index in [1.807, 2.05) is 12.1 Å². The van der Waals surface area contributed by atoms with Gasteiger partial charge in [0.25, 0.3) is 0 Å². The lowest BCUT2D eigenvalue weighted by atomic mass is 9.89. The van der Waals surface area contributed by atoms with Gasteiger partial charge in [0.15, 0.2) is 0 Å². The Morgan fingerprint density at radius 1 is 1.14 bits per heavy atom. The van der Waals surface area contributed by atoms with Crippen LogP contribution in [0.3, 0.4) is 0 Å². The van der Waals surface area contributed by atoms with Gasteiger partial charge in [-0.25, -0.2) is 4.39 Å². The molecule has 0 amide bonds. The standard InChI is InChI=1S/C18H18BrFO/c19-12-18(15-9-3-4-10-16(15)20)21-17-11-5-7-13-6-1-2-8-14(13)17/h1-4,6,8-10,17-18H,5,7,11-12H2. The molecule has 3 heteroatoms. The zero-order valence-corrected chi connectivity index (χ0v) is 13.4. The van der Waals surface area contributed by atoms with Crippen LogP contribution in [-0.2, 0) is 11.2 Å². The van der Waals surface area contributed by atoms with Crippen LogP contribution in [0.1, 0.15) is 41.7 Å². The SMILES string of the molecule is Fc1ccccc1C(CBr)OC1CCCc2ccccc21. The van der Waals surface area contributed by atoms with E-state index in [-0.39, 0.29) is 18.0 Å². The number of hydrogen-bond acceptors (Lipinski definition) is 1. The molecule has 3 rings (SSSR count). The minimum atomic E-state index is -0.262. The fourth-order valence-corrected chi connectivity index (χ4v) is 3.48. The number of hydrogen-bond donors (Lipinski definition) is 0. The number of ether oxygens (including phenoxy) is 1. The van der Waals surface area contributed by atoms with Crippen LogP contribution in [0.5, 0.6) is 0 Å². The highest BCUT2D eigenvalue weighted by molar-refractivity contribution is 9.09. The number of fused-ring (bicyclic) bond motifs is 1. The van der Waals surface area contributed by atoms with Crippen molar-refractivity contribution < 1.29 is 9.13 Å². The van der Waals surface area contributed by atoms with Crippen molar-refractivity contribution in [2.45, 2.75) is 31.5 Å². The topological polar surface area (TPSA) is 9.23 Å². The van der Waals surface area contributed by atoms with Crippen molar-refractivity contribution >= 4 is 15.9 Å². The van der Waals surface area contributed by atoms with Crippen LogP contribution in [0, 0.1) is 5.82 Å². The van der Waals surface area contributed by atoms with Gasteiger partial charge in [-0.2, -0.15) is 0 Å². The second-order valence-electron chi connectivity index (χ2n) is 5.38. The average molecular weight is 349 g/mol. The summed E-state index contributed by atoms with van der Waals surface area (Å²) in [6.45, 7) is 0. The van der Waals surface area contributed by atoms with Gasteiger partial charge in [-0.3, -0.25) is 0 Å². The second-order valence-corrected chi connectivity index (χ2v) is 6.03. The fourth-order valence-electron chi connectivity index (χ4n) is 2.98. The fraction of sp³-hybridized carbons (Fsp3) is 0.333. The third-order valence-corrected chi connectivity index (χ3v) is 4.62. The Kier molecular flexibility index (Phi) is 4.71. The van der Waals surface area contributed by atoms with Gasteiger partial charge in [0.1, 0.15) is 5.82 Å². The molecule has 1 nitrogen and oxygen atoms in total. The van der Waals surface area contributed by atoms with Crippen molar-refractivity contribution in [1.82, 2.24) is 0 Å². The first-order valence-corrected chi connectivity index (χ1v) is 8.45. The van der Waals surface area contributed by atoms with Gasteiger partial charge >= 0.3 is 0 Å². The maximum Gasteiger partial charge on any atom is 0.129 e. The predicted molar refractivity (Wildman–Crippen MR) is 86.1 cm³/mol. The van der Waals surface area contributed by atoms with Gasteiger partial charge in [-0.05, 0) is 36.5 Å². The van der Waals surface area contributed by atoms with E-state index in [0.29, 0.717) is 10.9 Å². The van der Waals surface area contributed by atoms with Crippen molar-refractivity contribution in [1.29, 1.82) is 0 Å². The van der Waals surface area contributed by atoms with E-state index in [1.54, 1.807) is 12.1 Å². The Bertz CT molecular complexity index is 614. The van der Waals surface area contributed by atoms with Crippen molar-refractivity contribution in [2.75, 3.05) is 5.33 Å². The third kappa shape index (κ3) is 3.19. The summed E-state index contributed by atoms with van der Waals surface area (Å²) in [5.74, 6) is -0.203. The lowest BCUT2D eigenvalue weighted by molar-refractivity contribution is -0.0125. The molecule has 2 aromatic carbocycles. The normalized spacial score (nSPS) is 19.0. The van der Waals surface area contributed by atoms with Crippen molar-refractivity contribution in [3.8, 4) is 0 Å². The lowest BCUT2D eigenvalue weighted by Gasteiger charge is -2.29. The second kappa shape index (κ2) is 6.71. The summed E-state index contributed by atoms with van der Waals surface area (Å²) in [4.78, 5) is 0. The molecule has 0 N–H and O–H groups in total. The van der Waals surface area contributed by atoms with E-state index in [2.05, 4.69) is 34.1 Å². The molecule has 0 spiro atoms. The van der Waals surface area contributed by atoms with Gasteiger partial charge in [0.2, 0.25) is 0 Å².